The van der Waals surface area contributed by atoms with Gasteiger partial charge in [-0.25, -0.2) is 18.2 Å². The zero-order chi connectivity index (χ0) is 17.9. The molecular formula is C17H16F3N3O2. The number of hydrogen-bond acceptors (Lipinski definition) is 4. The molecule has 1 aromatic carbocycles. The normalized spacial score (nSPS) is 18.8. The number of aromatic nitrogens is 1. The lowest BCUT2D eigenvalue weighted by Crippen LogP contribution is -2.40. The largest absolute Gasteiger partial charge is 0.439 e. The van der Waals surface area contributed by atoms with Crippen LogP contribution < -0.4 is 15.4 Å². The second-order valence-corrected chi connectivity index (χ2v) is 5.77. The minimum Gasteiger partial charge on any atom is -0.439 e. The average Bonchev–Trinajstić information content (AvgIpc) is 2.95. The first-order valence-electron chi connectivity index (χ1n) is 7.69. The smallest absolute Gasteiger partial charge is 0.262 e. The highest BCUT2D eigenvalue weighted by Gasteiger charge is 2.42. The molecule has 2 heterocycles. The van der Waals surface area contributed by atoms with Gasteiger partial charge in [0.25, 0.3) is 5.92 Å². The van der Waals surface area contributed by atoms with E-state index >= 15 is 0 Å². The van der Waals surface area contributed by atoms with Gasteiger partial charge >= 0.3 is 0 Å². The summed E-state index contributed by atoms with van der Waals surface area (Å²) in [4.78, 5) is 16.0. The third-order valence-electron chi connectivity index (χ3n) is 3.73. The van der Waals surface area contributed by atoms with Crippen LogP contribution in [0, 0.1) is 5.82 Å². The molecule has 1 unspecified atom stereocenters. The molecule has 1 saturated heterocycles. The van der Waals surface area contributed by atoms with E-state index < -0.39 is 30.8 Å². The fraction of sp³-hybridized carbons (Fsp3) is 0.294. The zero-order valence-corrected chi connectivity index (χ0v) is 13.1. The average molecular weight is 351 g/mol. The number of hydrogen-bond donors (Lipinski definition) is 2. The molecule has 0 radical (unpaired) electrons. The highest BCUT2D eigenvalue weighted by Crippen LogP contribution is 2.25. The van der Waals surface area contributed by atoms with Crippen molar-refractivity contribution in [2.75, 3.05) is 6.54 Å². The molecule has 0 saturated carbocycles. The quantitative estimate of drug-likeness (QED) is 0.869. The van der Waals surface area contributed by atoms with Gasteiger partial charge in [-0.1, -0.05) is 0 Å². The lowest BCUT2D eigenvalue weighted by Gasteiger charge is -2.12. The van der Waals surface area contributed by atoms with Gasteiger partial charge in [0.15, 0.2) is 0 Å². The summed E-state index contributed by atoms with van der Waals surface area (Å²) in [6.07, 6.45) is 0.996. The van der Waals surface area contributed by atoms with Crippen LogP contribution in [0.4, 0.5) is 13.2 Å². The molecule has 3 rings (SSSR count). The van der Waals surface area contributed by atoms with E-state index in [1.165, 1.54) is 30.5 Å². The summed E-state index contributed by atoms with van der Waals surface area (Å²) in [5.74, 6) is -3.00. The van der Waals surface area contributed by atoms with Gasteiger partial charge in [0.2, 0.25) is 11.8 Å². The molecule has 25 heavy (non-hydrogen) atoms. The Kier molecular flexibility index (Phi) is 4.89. The van der Waals surface area contributed by atoms with Crippen LogP contribution in [0.2, 0.25) is 0 Å². The first-order valence-corrected chi connectivity index (χ1v) is 7.69. The van der Waals surface area contributed by atoms with E-state index in [1.807, 2.05) is 0 Å². The van der Waals surface area contributed by atoms with Gasteiger partial charge in [-0.3, -0.25) is 10.1 Å². The Morgan fingerprint density at radius 3 is 2.76 bits per heavy atom. The molecule has 1 aliphatic heterocycles. The van der Waals surface area contributed by atoms with Crippen LogP contribution in [0.15, 0.2) is 42.6 Å². The lowest BCUT2D eigenvalue weighted by atomic mass is 10.2. The second-order valence-electron chi connectivity index (χ2n) is 5.77. The molecular weight excluding hydrogens is 335 g/mol. The Hall–Kier alpha value is -2.61. The number of halogens is 3. The van der Waals surface area contributed by atoms with Gasteiger partial charge in [0, 0.05) is 25.2 Å². The van der Waals surface area contributed by atoms with Crippen molar-refractivity contribution in [3.63, 3.8) is 0 Å². The van der Waals surface area contributed by atoms with E-state index in [1.54, 1.807) is 12.1 Å². The molecule has 132 valence electrons. The molecule has 5 nitrogen and oxygen atoms in total. The number of rotatable bonds is 5. The first kappa shape index (κ1) is 17.2. The minimum absolute atomic E-state index is 0.158. The molecule has 1 atom stereocenters. The van der Waals surface area contributed by atoms with E-state index in [4.69, 9.17) is 4.74 Å². The second kappa shape index (κ2) is 7.10. The van der Waals surface area contributed by atoms with Crippen molar-refractivity contribution < 1.29 is 22.7 Å². The fourth-order valence-electron chi connectivity index (χ4n) is 2.45. The number of benzene rings is 1. The van der Waals surface area contributed by atoms with E-state index in [0.29, 0.717) is 11.3 Å². The van der Waals surface area contributed by atoms with Crippen molar-refractivity contribution >= 4 is 5.91 Å². The third kappa shape index (κ3) is 4.69. The van der Waals surface area contributed by atoms with Crippen molar-refractivity contribution in [2.45, 2.75) is 24.9 Å². The number of carbonyl (C=O) groups is 1. The number of nitrogens with one attached hydrogen (secondary N) is 2. The van der Waals surface area contributed by atoms with Crippen LogP contribution in [0.5, 0.6) is 11.6 Å². The Bertz CT molecular complexity index is 753. The fourth-order valence-corrected chi connectivity index (χ4v) is 2.45. The van der Waals surface area contributed by atoms with Crippen LogP contribution in [0.1, 0.15) is 12.0 Å². The summed E-state index contributed by atoms with van der Waals surface area (Å²) in [7, 11) is 0. The maximum atomic E-state index is 13.1. The van der Waals surface area contributed by atoms with E-state index in [-0.39, 0.29) is 18.2 Å². The Morgan fingerprint density at radius 2 is 2.08 bits per heavy atom. The van der Waals surface area contributed by atoms with E-state index in [9.17, 15) is 18.0 Å². The Balaban J connectivity index is 1.56. The van der Waals surface area contributed by atoms with Crippen LogP contribution in [-0.4, -0.2) is 29.4 Å². The van der Waals surface area contributed by atoms with Gasteiger partial charge in [-0.15, -0.1) is 0 Å². The van der Waals surface area contributed by atoms with Gasteiger partial charge in [-0.2, -0.15) is 0 Å². The topological polar surface area (TPSA) is 63.2 Å². The van der Waals surface area contributed by atoms with Crippen LogP contribution in [0.3, 0.4) is 0 Å². The Morgan fingerprint density at radius 1 is 1.32 bits per heavy atom. The van der Waals surface area contributed by atoms with E-state index in [0.717, 1.165) is 0 Å². The Labute approximate surface area is 142 Å². The number of ether oxygens (including phenoxy) is 1. The zero-order valence-electron chi connectivity index (χ0n) is 13.1. The van der Waals surface area contributed by atoms with Gasteiger partial charge in [-0.05, 0) is 35.9 Å². The summed E-state index contributed by atoms with van der Waals surface area (Å²) >= 11 is 0. The number of carbonyl (C=O) groups excluding carboxylic acids is 1. The molecule has 1 aromatic heterocycles. The minimum atomic E-state index is -2.85. The molecule has 1 aliphatic rings. The predicted octanol–water partition coefficient (Wildman–Crippen LogP) is 2.63. The van der Waals surface area contributed by atoms with Gasteiger partial charge < -0.3 is 10.1 Å². The van der Waals surface area contributed by atoms with Crippen molar-refractivity contribution in [1.82, 2.24) is 15.6 Å². The molecule has 2 N–H and O–H groups in total. The monoisotopic (exact) mass is 351 g/mol. The molecule has 8 heteroatoms. The highest BCUT2D eigenvalue weighted by molar-refractivity contribution is 5.82. The third-order valence-corrected chi connectivity index (χ3v) is 3.73. The van der Waals surface area contributed by atoms with Gasteiger partial charge in [0.1, 0.15) is 11.6 Å². The molecule has 1 fully saturated rings. The summed E-state index contributed by atoms with van der Waals surface area (Å²) in [5.41, 5.74) is 0.699. The van der Waals surface area contributed by atoms with Crippen molar-refractivity contribution in [3.8, 4) is 11.6 Å². The van der Waals surface area contributed by atoms with Crippen molar-refractivity contribution in [2.24, 2.45) is 0 Å². The number of nitrogens with zero attached hydrogens (tertiary/aromatic N) is 1. The van der Waals surface area contributed by atoms with Crippen molar-refractivity contribution in [3.05, 3.63) is 54.0 Å². The molecule has 0 spiro atoms. The molecule has 1 amide bonds. The number of pyridine rings is 1. The van der Waals surface area contributed by atoms with E-state index in [2.05, 4.69) is 15.6 Å². The summed E-state index contributed by atoms with van der Waals surface area (Å²) in [6, 6.07) is 7.86. The number of alkyl halides is 2. The lowest BCUT2D eigenvalue weighted by molar-refractivity contribution is -0.123. The molecule has 0 aliphatic carbocycles. The SMILES string of the molecule is O=C(NCc1ccnc(Oc2ccc(F)cc2)c1)C1CC(F)(F)CN1. The standard InChI is InChI=1S/C17H16F3N3O2/c18-12-1-3-13(4-2-12)25-15-7-11(5-6-21-15)9-22-16(24)14-8-17(19,20)10-23-14/h1-7,14,23H,8-10H2,(H,22,24). The van der Waals surface area contributed by atoms with Crippen LogP contribution in [0.25, 0.3) is 0 Å². The number of amides is 1. The first-order chi connectivity index (χ1) is 11.9. The summed E-state index contributed by atoms with van der Waals surface area (Å²) < 4.78 is 44.6. The van der Waals surface area contributed by atoms with Gasteiger partial charge in [0.05, 0.1) is 12.6 Å². The molecule has 2 aromatic rings. The summed E-state index contributed by atoms with van der Waals surface area (Å²) in [6.45, 7) is -0.332. The highest BCUT2D eigenvalue weighted by atomic mass is 19.3. The summed E-state index contributed by atoms with van der Waals surface area (Å²) in [5, 5.41) is 5.11. The maximum absolute atomic E-state index is 13.1. The van der Waals surface area contributed by atoms with Crippen LogP contribution >= 0.6 is 0 Å². The molecule has 0 bridgehead atoms. The predicted molar refractivity (Wildman–Crippen MR) is 83.9 cm³/mol. The van der Waals surface area contributed by atoms with Crippen LogP contribution in [-0.2, 0) is 11.3 Å². The van der Waals surface area contributed by atoms with Crippen molar-refractivity contribution in [1.29, 1.82) is 0 Å². The maximum Gasteiger partial charge on any atom is 0.262 e.